The van der Waals surface area contributed by atoms with E-state index in [4.69, 9.17) is 4.98 Å². The minimum Gasteiger partial charge on any atom is -0.393 e. The standard InChI is InChI=1S/C27H29N2.C17H36O2.Ir/c1-27(2)22-13-7-8-15-25(22)29(3)26-21(12-9-14-23(26)27)24-17-16-20(18-28-24)19-10-5-4-6-11-19;1-10(2)16(11(3)4)14(18)9-15(19)17(12(5)6)13(7)8;/h7-9,13-19H,4-6,10-11H2,1-3H3;10-19H,9H2,1-8H3;/q-1;;. The van der Waals surface area contributed by atoms with Crippen molar-refractivity contribution in [2.45, 2.75) is 131 Å². The van der Waals surface area contributed by atoms with Gasteiger partial charge in [0.2, 0.25) is 0 Å². The number of aliphatic hydroxyl groups is 2. The van der Waals surface area contributed by atoms with Gasteiger partial charge in [0.05, 0.1) is 12.2 Å². The van der Waals surface area contributed by atoms with Gasteiger partial charge in [-0.25, -0.2) is 0 Å². The predicted octanol–water partition coefficient (Wildman–Crippen LogP) is 11.0. The smallest absolute Gasteiger partial charge is 0.0598 e. The van der Waals surface area contributed by atoms with Gasteiger partial charge in [0.15, 0.2) is 0 Å². The summed E-state index contributed by atoms with van der Waals surface area (Å²) in [5.74, 6) is 2.98. The van der Waals surface area contributed by atoms with E-state index < -0.39 is 12.2 Å². The van der Waals surface area contributed by atoms with E-state index in [1.165, 1.54) is 60.2 Å². The summed E-state index contributed by atoms with van der Waals surface area (Å²) >= 11 is 0. The van der Waals surface area contributed by atoms with Crippen molar-refractivity contribution in [2.75, 3.05) is 11.9 Å². The maximum atomic E-state index is 10.5. The van der Waals surface area contributed by atoms with Gasteiger partial charge in [-0.2, -0.15) is 0 Å². The van der Waals surface area contributed by atoms with Crippen molar-refractivity contribution in [1.82, 2.24) is 4.98 Å². The van der Waals surface area contributed by atoms with Crippen LogP contribution < -0.4 is 4.90 Å². The average Bonchev–Trinajstić information content (AvgIpc) is 3.03. The van der Waals surface area contributed by atoms with Crippen LogP contribution in [0.5, 0.6) is 0 Å². The second kappa shape index (κ2) is 17.9. The van der Waals surface area contributed by atoms with Gasteiger partial charge in [-0.1, -0.05) is 124 Å². The molecule has 5 heteroatoms. The van der Waals surface area contributed by atoms with Gasteiger partial charge < -0.3 is 20.1 Å². The number of pyridine rings is 1. The SMILES string of the molecule is CC(C)C(C(C)C)C(O)CC(O)C(C(C)C)C(C)C.CN1c2ccccc2C(C)(C)c2cc[c-]c(-c3ccc(C4CCCCC4)cn3)c21.[Ir]. The summed E-state index contributed by atoms with van der Waals surface area (Å²) in [6.07, 6.45) is 8.50. The molecule has 1 fully saturated rings. The number of rotatable bonds is 10. The number of para-hydroxylation sites is 1. The molecule has 0 saturated heterocycles. The summed E-state index contributed by atoms with van der Waals surface area (Å²) in [7, 11) is 2.17. The van der Waals surface area contributed by atoms with Crippen LogP contribution in [0.15, 0.2) is 54.7 Å². The minimum absolute atomic E-state index is 0. The monoisotopic (exact) mass is 846 g/mol. The third kappa shape index (κ3) is 9.45. The number of hydrogen-bond acceptors (Lipinski definition) is 4. The van der Waals surface area contributed by atoms with E-state index in [-0.39, 0.29) is 37.4 Å². The molecule has 1 aromatic heterocycles. The van der Waals surface area contributed by atoms with Crippen LogP contribution in [0.1, 0.15) is 130 Å². The molecule has 2 aromatic carbocycles. The first-order valence-corrected chi connectivity index (χ1v) is 18.9. The van der Waals surface area contributed by atoms with Gasteiger partial charge in [-0.3, -0.25) is 0 Å². The molecule has 1 aliphatic carbocycles. The van der Waals surface area contributed by atoms with Gasteiger partial charge in [0.25, 0.3) is 0 Å². The Labute approximate surface area is 312 Å². The Morgan fingerprint density at radius 1 is 0.776 bits per heavy atom. The Hall–Kier alpha value is -2.04. The molecule has 0 bridgehead atoms. The number of benzene rings is 2. The molecular formula is C44H65IrN2O2-. The van der Waals surface area contributed by atoms with Crippen molar-refractivity contribution >= 4 is 11.4 Å². The Morgan fingerprint density at radius 2 is 1.33 bits per heavy atom. The van der Waals surface area contributed by atoms with Gasteiger partial charge in [0.1, 0.15) is 0 Å². The Kier molecular flexibility index (Phi) is 15.2. The number of hydrogen-bond donors (Lipinski definition) is 2. The van der Waals surface area contributed by atoms with E-state index in [0.717, 1.165) is 11.3 Å². The summed E-state index contributed by atoms with van der Waals surface area (Å²) in [6.45, 7) is 21.9. The first-order valence-electron chi connectivity index (χ1n) is 18.9. The van der Waals surface area contributed by atoms with Crippen molar-refractivity contribution in [3.05, 3.63) is 77.5 Å². The Bertz CT molecular complexity index is 1400. The number of fused-ring (bicyclic) bond motifs is 2. The van der Waals surface area contributed by atoms with E-state index in [9.17, 15) is 10.2 Å². The van der Waals surface area contributed by atoms with Gasteiger partial charge in [0, 0.05) is 44.5 Å². The topological polar surface area (TPSA) is 56.6 Å². The van der Waals surface area contributed by atoms with Crippen LogP contribution in [-0.2, 0) is 25.5 Å². The normalized spacial score (nSPS) is 17.2. The van der Waals surface area contributed by atoms with E-state index >= 15 is 0 Å². The van der Waals surface area contributed by atoms with Crippen LogP contribution in [0.4, 0.5) is 11.4 Å². The van der Waals surface area contributed by atoms with E-state index in [2.05, 4.69) is 142 Å². The molecule has 5 rings (SSSR count). The van der Waals surface area contributed by atoms with Crippen molar-refractivity contribution in [3.8, 4) is 11.3 Å². The van der Waals surface area contributed by atoms with E-state index in [1.807, 2.05) is 0 Å². The molecule has 2 aliphatic rings. The molecular weight excluding hydrogens is 781 g/mol. The zero-order chi connectivity index (χ0) is 35.3. The summed E-state index contributed by atoms with van der Waals surface area (Å²) in [5.41, 5.74) is 8.67. The van der Waals surface area contributed by atoms with Crippen molar-refractivity contribution in [1.29, 1.82) is 0 Å². The van der Waals surface area contributed by atoms with Crippen LogP contribution in [0, 0.1) is 41.6 Å². The molecule has 1 radical (unpaired) electrons. The van der Waals surface area contributed by atoms with Crippen molar-refractivity contribution < 1.29 is 30.3 Å². The fourth-order valence-electron chi connectivity index (χ4n) is 9.21. The van der Waals surface area contributed by atoms with Crippen molar-refractivity contribution in [3.63, 3.8) is 0 Å². The van der Waals surface area contributed by atoms with E-state index in [1.54, 1.807) is 0 Å². The number of aliphatic hydroxyl groups excluding tert-OH is 2. The van der Waals surface area contributed by atoms with Gasteiger partial charge >= 0.3 is 0 Å². The predicted molar refractivity (Wildman–Crippen MR) is 204 cm³/mol. The molecule has 2 heterocycles. The molecule has 4 nitrogen and oxygen atoms in total. The first-order chi connectivity index (χ1) is 22.7. The zero-order valence-electron chi connectivity index (χ0n) is 32.3. The Morgan fingerprint density at radius 3 is 1.84 bits per heavy atom. The largest absolute Gasteiger partial charge is 0.393 e. The molecule has 0 spiro atoms. The molecule has 3 aromatic rings. The molecule has 0 amide bonds. The van der Waals surface area contributed by atoms with Crippen LogP contribution in [0.3, 0.4) is 0 Å². The maximum Gasteiger partial charge on any atom is 0.0598 e. The van der Waals surface area contributed by atoms with E-state index in [0.29, 0.717) is 36.0 Å². The molecule has 273 valence electrons. The number of anilines is 2. The van der Waals surface area contributed by atoms with Crippen molar-refractivity contribution in [2.24, 2.45) is 35.5 Å². The molecule has 2 N–H and O–H groups in total. The summed E-state index contributed by atoms with van der Waals surface area (Å²) in [5, 5.41) is 20.9. The second-order valence-electron chi connectivity index (χ2n) is 16.6. The maximum absolute atomic E-state index is 10.5. The number of aromatic nitrogens is 1. The first kappa shape index (κ1) is 41.4. The van der Waals surface area contributed by atoms with Crippen LogP contribution >= 0.6 is 0 Å². The third-order valence-electron chi connectivity index (χ3n) is 11.5. The third-order valence-corrected chi connectivity index (χ3v) is 11.5. The summed E-state index contributed by atoms with van der Waals surface area (Å²) in [6, 6.07) is 21.0. The summed E-state index contributed by atoms with van der Waals surface area (Å²) < 4.78 is 0. The quantitative estimate of drug-likeness (QED) is 0.200. The molecule has 1 saturated carbocycles. The second-order valence-corrected chi connectivity index (χ2v) is 16.6. The summed E-state index contributed by atoms with van der Waals surface area (Å²) in [4.78, 5) is 7.23. The molecule has 49 heavy (non-hydrogen) atoms. The number of nitrogens with zero attached hydrogens (tertiary/aromatic N) is 2. The fraction of sp³-hybridized carbons (Fsp3) is 0.614. The van der Waals surface area contributed by atoms with Gasteiger partial charge in [-0.05, 0) is 89.3 Å². The van der Waals surface area contributed by atoms with Gasteiger partial charge in [-0.15, -0.1) is 23.8 Å². The average molecular weight is 846 g/mol. The zero-order valence-corrected chi connectivity index (χ0v) is 34.7. The fourth-order valence-corrected chi connectivity index (χ4v) is 9.21. The Balaban J connectivity index is 0.000000287. The van der Waals surface area contributed by atoms with Crippen LogP contribution in [0.2, 0.25) is 0 Å². The molecule has 2 atom stereocenters. The van der Waals surface area contributed by atoms with Crippen LogP contribution in [-0.4, -0.2) is 34.5 Å². The minimum atomic E-state index is -0.407. The molecule has 2 unspecified atom stereocenters. The molecule has 1 aliphatic heterocycles. The van der Waals surface area contributed by atoms with Crippen LogP contribution in [0.25, 0.3) is 11.3 Å².